The number of carbonyl (C=O) groups excluding carboxylic acids is 2. The van der Waals surface area contributed by atoms with Gasteiger partial charge in [0.25, 0.3) is 0 Å². The van der Waals surface area contributed by atoms with Crippen LogP contribution in [-0.4, -0.2) is 41.4 Å². The molecule has 0 saturated carbocycles. The van der Waals surface area contributed by atoms with Crippen molar-refractivity contribution in [3.63, 3.8) is 0 Å². The number of nitrogens with one attached hydrogen (secondary N) is 1. The molecule has 142 valence electrons. The topological polar surface area (TPSA) is 52.7 Å². The summed E-state index contributed by atoms with van der Waals surface area (Å²) in [4.78, 5) is 28.8. The van der Waals surface area contributed by atoms with E-state index in [9.17, 15) is 9.59 Å². The molecule has 3 amide bonds. The standard InChI is InChI=1S/C20H21Cl2N3O2/c1-24(13-14-7-9-15(21)10-8-14)19(26)18-6-3-11-25(18)20(27)23-17-5-2-4-16(22)12-17/h2,4-5,7-10,12,18H,3,6,11,13H2,1H3,(H,23,27)/t18-/m1/s1. The molecule has 1 heterocycles. The molecule has 2 aromatic carbocycles. The van der Waals surface area contributed by atoms with Crippen molar-refractivity contribution in [3.8, 4) is 0 Å². The third kappa shape index (κ3) is 4.93. The summed E-state index contributed by atoms with van der Waals surface area (Å²) in [6.07, 6.45) is 1.46. The van der Waals surface area contributed by atoms with Crippen molar-refractivity contribution < 1.29 is 9.59 Å². The minimum Gasteiger partial charge on any atom is -0.340 e. The molecule has 0 aromatic heterocycles. The van der Waals surface area contributed by atoms with Gasteiger partial charge in [0.15, 0.2) is 0 Å². The number of rotatable bonds is 4. The van der Waals surface area contributed by atoms with Gasteiger partial charge in [-0.2, -0.15) is 0 Å². The van der Waals surface area contributed by atoms with E-state index < -0.39 is 6.04 Å². The van der Waals surface area contributed by atoms with Gasteiger partial charge >= 0.3 is 6.03 Å². The van der Waals surface area contributed by atoms with Crippen LogP contribution in [0.1, 0.15) is 18.4 Å². The van der Waals surface area contributed by atoms with E-state index in [2.05, 4.69) is 5.32 Å². The Hall–Kier alpha value is -2.24. The van der Waals surface area contributed by atoms with Crippen molar-refractivity contribution in [2.75, 3.05) is 18.9 Å². The Morgan fingerprint density at radius 2 is 1.89 bits per heavy atom. The molecule has 2 aromatic rings. The highest BCUT2D eigenvalue weighted by molar-refractivity contribution is 6.31. The summed E-state index contributed by atoms with van der Waals surface area (Å²) >= 11 is 11.9. The summed E-state index contributed by atoms with van der Waals surface area (Å²) in [5, 5.41) is 4.03. The molecule has 1 fully saturated rings. The zero-order valence-electron chi connectivity index (χ0n) is 15.0. The Balaban J connectivity index is 1.64. The van der Waals surface area contributed by atoms with Gasteiger partial charge in [0.1, 0.15) is 6.04 Å². The number of nitrogens with zero attached hydrogens (tertiary/aromatic N) is 2. The molecule has 1 atom stereocenters. The first-order valence-electron chi connectivity index (χ1n) is 8.76. The molecule has 1 N–H and O–H groups in total. The van der Waals surface area contributed by atoms with Crippen LogP contribution in [0, 0.1) is 0 Å². The lowest BCUT2D eigenvalue weighted by Crippen LogP contribution is -2.47. The second-order valence-electron chi connectivity index (χ2n) is 6.61. The second-order valence-corrected chi connectivity index (χ2v) is 7.49. The van der Waals surface area contributed by atoms with Crippen molar-refractivity contribution in [3.05, 3.63) is 64.1 Å². The van der Waals surface area contributed by atoms with Gasteiger partial charge in [0.2, 0.25) is 5.91 Å². The third-order valence-electron chi connectivity index (χ3n) is 4.58. The molecule has 1 aliphatic rings. The van der Waals surface area contributed by atoms with Crippen molar-refractivity contribution in [2.24, 2.45) is 0 Å². The Morgan fingerprint density at radius 3 is 2.59 bits per heavy atom. The molecule has 7 heteroatoms. The summed E-state index contributed by atoms with van der Waals surface area (Å²) in [6, 6.07) is 13.6. The monoisotopic (exact) mass is 405 g/mol. The molecule has 1 saturated heterocycles. The Labute approximate surface area is 168 Å². The first kappa shape index (κ1) is 19.5. The van der Waals surface area contributed by atoms with Gasteiger partial charge in [-0.15, -0.1) is 0 Å². The van der Waals surface area contributed by atoms with Crippen molar-refractivity contribution >= 4 is 40.8 Å². The van der Waals surface area contributed by atoms with Crippen LogP contribution >= 0.6 is 23.2 Å². The maximum absolute atomic E-state index is 12.9. The number of likely N-dealkylation sites (tertiary alicyclic amines) is 1. The average molecular weight is 406 g/mol. The van der Waals surface area contributed by atoms with E-state index in [1.807, 2.05) is 12.1 Å². The molecular weight excluding hydrogens is 385 g/mol. The lowest BCUT2D eigenvalue weighted by molar-refractivity contribution is -0.134. The molecule has 0 aliphatic carbocycles. The van der Waals surface area contributed by atoms with Crippen LogP contribution in [0.3, 0.4) is 0 Å². The molecule has 0 radical (unpaired) electrons. The number of halogens is 2. The lowest BCUT2D eigenvalue weighted by Gasteiger charge is -2.28. The molecule has 27 heavy (non-hydrogen) atoms. The van der Waals surface area contributed by atoms with Gasteiger partial charge in [-0.05, 0) is 48.7 Å². The Bertz CT molecular complexity index is 826. The highest BCUT2D eigenvalue weighted by atomic mass is 35.5. The Kier molecular flexibility index (Phi) is 6.24. The third-order valence-corrected chi connectivity index (χ3v) is 5.07. The predicted octanol–water partition coefficient (Wildman–Crippen LogP) is 4.65. The van der Waals surface area contributed by atoms with E-state index >= 15 is 0 Å². The maximum Gasteiger partial charge on any atom is 0.322 e. The number of hydrogen-bond donors (Lipinski definition) is 1. The van der Waals surface area contributed by atoms with Crippen LogP contribution in [0.2, 0.25) is 10.0 Å². The van der Waals surface area contributed by atoms with Crippen molar-refractivity contribution in [1.82, 2.24) is 9.80 Å². The summed E-state index contributed by atoms with van der Waals surface area (Å²) in [6.45, 7) is 1.02. The van der Waals surface area contributed by atoms with Gasteiger partial charge < -0.3 is 15.1 Å². The summed E-state index contributed by atoms with van der Waals surface area (Å²) < 4.78 is 0. The summed E-state index contributed by atoms with van der Waals surface area (Å²) in [5.74, 6) is -0.0660. The highest BCUT2D eigenvalue weighted by Gasteiger charge is 2.35. The van der Waals surface area contributed by atoms with Crippen molar-refractivity contribution in [2.45, 2.75) is 25.4 Å². The van der Waals surface area contributed by atoms with Gasteiger partial charge in [-0.1, -0.05) is 41.4 Å². The molecule has 0 unspecified atom stereocenters. The van der Waals surface area contributed by atoms with E-state index in [-0.39, 0.29) is 11.9 Å². The predicted molar refractivity (Wildman–Crippen MR) is 108 cm³/mol. The normalized spacial score (nSPS) is 16.3. The Morgan fingerprint density at radius 1 is 1.15 bits per heavy atom. The largest absolute Gasteiger partial charge is 0.340 e. The molecule has 1 aliphatic heterocycles. The highest BCUT2D eigenvalue weighted by Crippen LogP contribution is 2.22. The van der Waals surface area contributed by atoms with Crippen LogP contribution in [0.4, 0.5) is 10.5 Å². The van der Waals surface area contributed by atoms with Crippen LogP contribution < -0.4 is 5.32 Å². The zero-order valence-corrected chi connectivity index (χ0v) is 16.5. The summed E-state index contributed by atoms with van der Waals surface area (Å²) in [7, 11) is 1.75. The zero-order chi connectivity index (χ0) is 19.4. The second kappa shape index (κ2) is 8.63. The number of urea groups is 1. The average Bonchev–Trinajstić information content (AvgIpc) is 3.13. The fourth-order valence-corrected chi connectivity index (χ4v) is 3.54. The molecule has 3 rings (SSSR count). The van der Waals surface area contributed by atoms with E-state index in [1.165, 1.54) is 0 Å². The molecule has 5 nitrogen and oxygen atoms in total. The van der Waals surface area contributed by atoms with Crippen LogP contribution in [-0.2, 0) is 11.3 Å². The number of hydrogen-bond acceptors (Lipinski definition) is 2. The number of amides is 3. The molecule has 0 bridgehead atoms. The van der Waals surface area contributed by atoms with E-state index in [4.69, 9.17) is 23.2 Å². The van der Waals surface area contributed by atoms with E-state index in [0.29, 0.717) is 35.2 Å². The number of likely N-dealkylation sites (N-methyl/N-ethyl adjacent to an activating group) is 1. The van der Waals surface area contributed by atoms with E-state index in [0.717, 1.165) is 12.0 Å². The number of benzene rings is 2. The number of anilines is 1. The van der Waals surface area contributed by atoms with E-state index in [1.54, 1.807) is 53.2 Å². The maximum atomic E-state index is 12.9. The van der Waals surface area contributed by atoms with Gasteiger partial charge in [-0.3, -0.25) is 4.79 Å². The SMILES string of the molecule is CN(Cc1ccc(Cl)cc1)C(=O)[C@H]1CCCN1C(=O)Nc1cccc(Cl)c1. The smallest absolute Gasteiger partial charge is 0.322 e. The lowest BCUT2D eigenvalue weighted by atomic mass is 10.1. The van der Waals surface area contributed by atoms with Crippen LogP contribution in [0.25, 0.3) is 0 Å². The molecular formula is C20H21Cl2N3O2. The molecule has 0 spiro atoms. The quantitative estimate of drug-likeness (QED) is 0.804. The fourth-order valence-electron chi connectivity index (χ4n) is 3.22. The fraction of sp³-hybridized carbons (Fsp3) is 0.300. The minimum atomic E-state index is -0.457. The van der Waals surface area contributed by atoms with Gasteiger partial charge in [0.05, 0.1) is 0 Å². The van der Waals surface area contributed by atoms with Crippen molar-refractivity contribution in [1.29, 1.82) is 0 Å². The van der Waals surface area contributed by atoms with Gasteiger partial charge in [0, 0.05) is 35.9 Å². The van der Waals surface area contributed by atoms with Crippen LogP contribution in [0.15, 0.2) is 48.5 Å². The van der Waals surface area contributed by atoms with Gasteiger partial charge in [-0.25, -0.2) is 4.79 Å². The number of carbonyl (C=O) groups is 2. The first-order valence-corrected chi connectivity index (χ1v) is 9.52. The van der Waals surface area contributed by atoms with Crippen LogP contribution in [0.5, 0.6) is 0 Å². The minimum absolute atomic E-state index is 0.0660. The summed E-state index contributed by atoms with van der Waals surface area (Å²) in [5.41, 5.74) is 1.60. The first-order chi connectivity index (χ1) is 12.9.